The maximum atomic E-state index is 12.9. The summed E-state index contributed by atoms with van der Waals surface area (Å²) in [6.07, 6.45) is 1.55. The Morgan fingerprint density at radius 1 is 1.04 bits per heavy atom. The molecule has 0 saturated carbocycles. The van der Waals surface area contributed by atoms with Crippen LogP contribution in [-0.4, -0.2) is 20.7 Å². The molecule has 0 atom stereocenters. The first-order chi connectivity index (χ1) is 13.2. The van der Waals surface area contributed by atoms with Crippen LogP contribution in [0, 0.1) is 6.92 Å². The van der Waals surface area contributed by atoms with Crippen LogP contribution in [0.5, 0.6) is 0 Å². The second kappa shape index (κ2) is 7.29. The fourth-order valence-corrected chi connectivity index (χ4v) is 2.76. The average Bonchev–Trinajstić information content (AvgIpc) is 3.37. The normalized spacial score (nSPS) is 10.7. The quantitative estimate of drug-likeness (QED) is 0.580. The standard InChI is InChI=1S/C21H18N4O2/c1-15-8-5-6-11-17(15)14-22-21-23-19(18-12-7-13-27-18)24-25(21)20(26)16-9-3-2-4-10-16/h2-13H,14H2,1H3,(H,22,23,24). The van der Waals surface area contributed by atoms with Crippen molar-refractivity contribution in [3.63, 3.8) is 0 Å². The number of hydrogen-bond donors (Lipinski definition) is 1. The molecule has 1 N–H and O–H groups in total. The summed E-state index contributed by atoms with van der Waals surface area (Å²) in [6, 6.07) is 20.6. The lowest BCUT2D eigenvalue weighted by Crippen LogP contribution is -2.17. The molecule has 0 amide bonds. The Labute approximate surface area is 156 Å². The van der Waals surface area contributed by atoms with Crippen LogP contribution in [0.2, 0.25) is 0 Å². The average molecular weight is 358 g/mol. The topological polar surface area (TPSA) is 73.0 Å². The molecule has 2 heterocycles. The zero-order valence-electron chi connectivity index (χ0n) is 14.8. The lowest BCUT2D eigenvalue weighted by atomic mass is 10.1. The van der Waals surface area contributed by atoms with Crippen molar-refractivity contribution in [3.8, 4) is 11.6 Å². The second-order valence-electron chi connectivity index (χ2n) is 6.10. The van der Waals surface area contributed by atoms with Crippen LogP contribution in [0.3, 0.4) is 0 Å². The van der Waals surface area contributed by atoms with Gasteiger partial charge in [-0.3, -0.25) is 4.79 Å². The van der Waals surface area contributed by atoms with Crippen LogP contribution < -0.4 is 5.32 Å². The fourth-order valence-electron chi connectivity index (χ4n) is 2.76. The zero-order chi connectivity index (χ0) is 18.6. The first-order valence-electron chi connectivity index (χ1n) is 8.61. The number of carbonyl (C=O) groups is 1. The summed E-state index contributed by atoms with van der Waals surface area (Å²) in [5.74, 6) is 0.983. The molecule has 0 aliphatic heterocycles. The van der Waals surface area contributed by atoms with E-state index in [4.69, 9.17) is 4.42 Å². The number of hydrogen-bond acceptors (Lipinski definition) is 5. The number of nitrogens with one attached hydrogen (secondary N) is 1. The van der Waals surface area contributed by atoms with Gasteiger partial charge < -0.3 is 9.73 Å². The summed E-state index contributed by atoms with van der Waals surface area (Å²) in [4.78, 5) is 17.4. The van der Waals surface area contributed by atoms with Crippen molar-refractivity contribution in [1.29, 1.82) is 0 Å². The highest BCUT2D eigenvalue weighted by molar-refractivity contribution is 5.97. The van der Waals surface area contributed by atoms with Crippen LogP contribution in [-0.2, 0) is 6.54 Å². The minimum absolute atomic E-state index is 0.256. The Balaban J connectivity index is 1.68. The first kappa shape index (κ1) is 16.8. The summed E-state index contributed by atoms with van der Waals surface area (Å²) in [7, 11) is 0. The maximum absolute atomic E-state index is 12.9. The van der Waals surface area contributed by atoms with Crippen molar-refractivity contribution < 1.29 is 9.21 Å². The molecule has 6 nitrogen and oxygen atoms in total. The molecular weight excluding hydrogens is 340 g/mol. The van der Waals surface area contributed by atoms with Gasteiger partial charge in [-0.1, -0.05) is 42.5 Å². The summed E-state index contributed by atoms with van der Waals surface area (Å²) in [5.41, 5.74) is 2.82. The molecular formula is C21H18N4O2. The predicted molar refractivity (Wildman–Crippen MR) is 102 cm³/mol. The third-order valence-electron chi connectivity index (χ3n) is 4.26. The van der Waals surface area contributed by atoms with Crippen molar-refractivity contribution in [1.82, 2.24) is 14.8 Å². The minimum atomic E-state index is -0.256. The van der Waals surface area contributed by atoms with E-state index in [1.54, 1.807) is 30.5 Å². The van der Waals surface area contributed by atoms with E-state index >= 15 is 0 Å². The number of aryl methyl sites for hydroxylation is 1. The number of anilines is 1. The van der Waals surface area contributed by atoms with E-state index in [2.05, 4.69) is 15.4 Å². The summed E-state index contributed by atoms with van der Waals surface area (Å²) in [6.45, 7) is 2.58. The molecule has 0 unspecified atom stereocenters. The van der Waals surface area contributed by atoms with Crippen LogP contribution in [0.15, 0.2) is 77.4 Å². The molecule has 0 bridgehead atoms. The van der Waals surface area contributed by atoms with Gasteiger partial charge in [-0.15, -0.1) is 5.10 Å². The Morgan fingerprint density at radius 3 is 2.56 bits per heavy atom. The van der Waals surface area contributed by atoms with Crippen LogP contribution >= 0.6 is 0 Å². The maximum Gasteiger partial charge on any atom is 0.281 e. The van der Waals surface area contributed by atoms with E-state index < -0.39 is 0 Å². The Kier molecular flexibility index (Phi) is 4.53. The number of aromatic nitrogens is 3. The van der Waals surface area contributed by atoms with E-state index in [9.17, 15) is 4.79 Å². The molecule has 2 aromatic heterocycles. The van der Waals surface area contributed by atoms with Gasteiger partial charge in [0.15, 0.2) is 5.76 Å². The van der Waals surface area contributed by atoms with E-state index in [1.165, 1.54) is 4.68 Å². The molecule has 6 heteroatoms. The zero-order valence-corrected chi connectivity index (χ0v) is 14.8. The molecule has 0 fully saturated rings. The second-order valence-corrected chi connectivity index (χ2v) is 6.10. The molecule has 4 rings (SSSR count). The van der Waals surface area contributed by atoms with Crippen molar-refractivity contribution in [3.05, 3.63) is 89.7 Å². The van der Waals surface area contributed by atoms with Crippen LogP contribution in [0.4, 0.5) is 5.95 Å². The minimum Gasteiger partial charge on any atom is -0.461 e. The molecule has 27 heavy (non-hydrogen) atoms. The Morgan fingerprint density at radius 2 is 1.81 bits per heavy atom. The van der Waals surface area contributed by atoms with Gasteiger partial charge in [-0.2, -0.15) is 9.67 Å². The first-order valence-corrected chi connectivity index (χ1v) is 8.61. The molecule has 0 radical (unpaired) electrons. The smallest absolute Gasteiger partial charge is 0.281 e. The number of benzene rings is 2. The number of furan rings is 1. The molecule has 0 aliphatic rings. The van der Waals surface area contributed by atoms with E-state index in [0.717, 1.165) is 11.1 Å². The van der Waals surface area contributed by atoms with E-state index in [0.29, 0.717) is 29.6 Å². The van der Waals surface area contributed by atoms with Crippen LogP contribution in [0.25, 0.3) is 11.6 Å². The summed E-state index contributed by atoms with van der Waals surface area (Å²) < 4.78 is 6.66. The van der Waals surface area contributed by atoms with Gasteiger partial charge >= 0.3 is 0 Å². The van der Waals surface area contributed by atoms with E-state index in [1.807, 2.05) is 49.4 Å². The van der Waals surface area contributed by atoms with Gasteiger partial charge in [0.1, 0.15) is 0 Å². The molecule has 134 valence electrons. The van der Waals surface area contributed by atoms with Crippen molar-refractivity contribution in [2.24, 2.45) is 0 Å². The number of rotatable bonds is 5. The number of nitrogens with zero attached hydrogens (tertiary/aromatic N) is 3. The molecule has 4 aromatic rings. The van der Waals surface area contributed by atoms with Crippen molar-refractivity contribution in [2.75, 3.05) is 5.32 Å². The third-order valence-corrected chi connectivity index (χ3v) is 4.26. The van der Waals surface area contributed by atoms with Gasteiger partial charge in [-0.05, 0) is 42.3 Å². The lowest BCUT2D eigenvalue weighted by Gasteiger charge is -2.09. The number of carbonyl (C=O) groups excluding carboxylic acids is 1. The van der Waals surface area contributed by atoms with Gasteiger partial charge in [0.25, 0.3) is 5.91 Å². The molecule has 2 aromatic carbocycles. The fraction of sp³-hybridized carbons (Fsp3) is 0.0952. The predicted octanol–water partition coefficient (Wildman–Crippen LogP) is 4.15. The van der Waals surface area contributed by atoms with Crippen molar-refractivity contribution in [2.45, 2.75) is 13.5 Å². The largest absolute Gasteiger partial charge is 0.461 e. The highest BCUT2D eigenvalue weighted by atomic mass is 16.3. The molecule has 0 saturated heterocycles. The Bertz CT molecular complexity index is 1050. The van der Waals surface area contributed by atoms with E-state index in [-0.39, 0.29) is 5.91 Å². The van der Waals surface area contributed by atoms with Gasteiger partial charge in [0, 0.05) is 12.1 Å². The summed E-state index contributed by atoms with van der Waals surface area (Å²) in [5, 5.41) is 7.59. The van der Waals surface area contributed by atoms with Gasteiger partial charge in [0.05, 0.1) is 6.26 Å². The van der Waals surface area contributed by atoms with Gasteiger partial charge in [0.2, 0.25) is 11.8 Å². The van der Waals surface area contributed by atoms with Crippen LogP contribution in [0.1, 0.15) is 21.5 Å². The monoisotopic (exact) mass is 358 g/mol. The molecule has 0 spiro atoms. The molecule has 0 aliphatic carbocycles. The summed E-state index contributed by atoms with van der Waals surface area (Å²) >= 11 is 0. The SMILES string of the molecule is Cc1ccccc1CNc1nc(-c2ccco2)nn1C(=O)c1ccccc1. The lowest BCUT2D eigenvalue weighted by molar-refractivity contribution is 0.0947. The third kappa shape index (κ3) is 3.50. The van der Waals surface area contributed by atoms with Gasteiger partial charge in [-0.25, -0.2) is 0 Å². The Hall–Kier alpha value is -3.67. The highest BCUT2D eigenvalue weighted by Crippen LogP contribution is 2.20. The highest BCUT2D eigenvalue weighted by Gasteiger charge is 2.19. The van der Waals surface area contributed by atoms with Crippen molar-refractivity contribution >= 4 is 11.9 Å².